The zero-order valence-corrected chi connectivity index (χ0v) is 19.8. The summed E-state index contributed by atoms with van der Waals surface area (Å²) in [6.07, 6.45) is 0.906. The second-order valence-corrected chi connectivity index (χ2v) is 10.6. The second-order valence-electron chi connectivity index (χ2n) is 7.65. The number of aryl methyl sites for hydroxylation is 1. The number of carbonyl (C=O) groups excluding carboxylic acids is 1. The standard InChI is InChI=1S/C22H25N3O5S2/c1-14-4-6-16(7-5-14)32(27,28)25-12-10-15(11-13-25)21(26)24-22-23-19-17(29-2)8-9-18(30-3)20(19)31-22/h4-9,15H,10-13H2,1-3H3,(H,23,24,26). The Morgan fingerprint density at radius 3 is 2.31 bits per heavy atom. The summed E-state index contributed by atoms with van der Waals surface area (Å²) in [6.45, 7) is 2.52. The number of hydrogen-bond donors (Lipinski definition) is 1. The Kier molecular flexibility index (Phi) is 6.36. The van der Waals surface area contributed by atoms with Crippen LogP contribution in [0.3, 0.4) is 0 Å². The van der Waals surface area contributed by atoms with Crippen molar-refractivity contribution in [1.82, 2.24) is 9.29 Å². The first-order chi connectivity index (χ1) is 15.3. The van der Waals surface area contributed by atoms with E-state index in [9.17, 15) is 13.2 Å². The Bertz CT molecular complexity index is 1190. The fourth-order valence-corrected chi connectivity index (χ4v) is 6.21. The molecule has 1 aromatic heterocycles. The van der Waals surface area contributed by atoms with Gasteiger partial charge in [0, 0.05) is 19.0 Å². The molecule has 4 rings (SSSR count). The lowest BCUT2D eigenvalue weighted by Crippen LogP contribution is -2.41. The number of fused-ring (bicyclic) bond motifs is 1. The molecular weight excluding hydrogens is 450 g/mol. The van der Waals surface area contributed by atoms with E-state index in [2.05, 4.69) is 10.3 Å². The minimum atomic E-state index is -3.56. The molecule has 0 saturated carbocycles. The average Bonchev–Trinajstić information content (AvgIpc) is 3.22. The van der Waals surface area contributed by atoms with Gasteiger partial charge in [0.15, 0.2) is 5.13 Å². The summed E-state index contributed by atoms with van der Waals surface area (Å²) in [5.41, 5.74) is 1.63. The van der Waals surface area contributed by atoms with Gasteiger partial charge in [0.05, 0.1) is 19.1 Å². The summed E-state index contributed by atoms with van der Waals surface area (Å²) >= 11 is 1.32. The number of benzene rings is 2. The number of aromatic nitrogens is 1. The van der Waals surface area contributed by atoms with E-state index in [0.29, 0.717) is 48.1 Å². The van der Waals surface area contributed by atoms with Gasteiger partial charge in [0.25, 0.3) is 0 Å². The number of nitrogens with zero attached hydrogens (tertiary/aromatic N) is 2. The van der Waals surface area contributed by atoms with Crippen LogP contribution in [0.5, 0.6) is 11.5 Å². The van der Waals surface area contributed by atoms with Crippen LogP contribution in [0.25, 0.3) is 10.2 Å². The van der Waals surface area contributed by atoms with Crippen LogP contribution < -0.4 is 14.8 Å². The molecular formula is C22H25N3O5S2. The lowest BCUT2D eigenvalue weighted by Gasteiger charge is -2.30. The van der Waals surface area contributed by atoms with Gasteiger partial charge >= 0.3 is 0 Å². The van der Waals surface area contributed by atoms with Gasteiger partial charge in [0.2, 0.25) is 15.9 Å². The number of nitrogens with one attached hydrogen (secondary N) is 1. The zero-order chi connectivity index (χ0) is 22.9. The van der Waals surface area contributed by atoms with Crippen LogP contribution in [0.15, 0.2) is 41.3 Å². The van der Waals surface area contributed by atoms with E-state index in [-0.39, 0.29) is 16.7 Å². The molecule has 0 bridgehead atoms. The highest BCUT2D eigenvalue weighted by Gasteiger charge is 2.32. The highest BCUT2D eigenvalue weighted by atomic mass is 32.2. The van der Waals surface area contributed by atoms with Gasteiger partial charge in [-0.2, -0.15) is 4.31 Å². The smallest absolute Gasteiger partial charge is 0.243 e. The third-order valence-electron chi connectivity index (χ3n) is 5.62. The maximum Gasteiger partial charge on any atom is 0.243 e. The molecule has 10 heteroatoms. The minimum Gasteiger partial charge on any atom is -0.495 e. The van der Waals surface area contributed by atoms with Gasteiger partial charge in [-0.15, -0.1) is 0 Å². The van der Waals surface area contributed by atoms with Crippen molar-refractivity contribution in [3.05, 3.63) is 42.0 Å². The first-order valence-electron chi connectivity index (χ1n) is 10.2. The lowest BCUT2D eigenvalue weighted by molar-refractivity contribution is -0.120. The van der Waals surface area contributed by atoms with Crippen LogP contribution in [-0.4, -0.2) is 50.9 Å². The molecule has 1 fully saturated rings. The average molecular weight is 476 g/mol. The normalized spacial score (nSPS) is 15.6. The van der Waals surface area contributed by atoms with Crippen LogP contribution in [0, 0.1) is 12.8 Å². The van der Waals surface area contributed by atoms with E-state index in [1.807, 2.05) is 6.92 Å². The van der Waals surface area contributed by atoms with E-state index in [4.69, 9.17) is 9.47 Å². The van der Waals surface area contributed by atoms with Crippen LogP contribution in [0.4, 0.5) is 5.13 Å². The molecule has 0 aliphatic carbocycles. The largest absolute Gasteiger partial charge is 0.495 e. The van der Waals surface area contributed by atoms with Crippen LogP contribution in [0.2, 0.25) is 0 Å². The molecule has 8 nitrogen and oxygen atoms in total. The van der Waals surface area contributed by atoms with E-state index in [1.54, 1.807) is 50.6 Å². The fraction of sp³-hybridized carbons (Fsp3) is 0.364. The number of methoxy groups -OCH3 is 2. The minimum absolute atomic E-state index is 0.158. The van der Waals surface area contributed by atoms with E-state index < -0.39 is 10.0 Å². The summed E-state index contributed by atoms with van der Waals surface area (Å²) in [5, 5.41) is 3.35. The van der Waals surface area contributed by atoms with Crippen molar-refractivity contribution in [2.45, 2.75) is 24.7 Å². The topological polar surface area (TPSA) is 97.8 Å². The molecule has 2 heterocycles. The van der Waals surface area contributed by atoms with Crippen molar-refractivity contribution in [3.63, 3.8) is 0 Å². The maximum absolute atomic E-state index is 12.9. The number of anilines is 1. The number of piperidine rings is 1. The SMILES string of the molecule is COc1ccc(OC)c2sc(NC(=O)C3CCN(S(=O)(=O)c4ccc(C)cc4)CC3)nc12. The van der Waals surface area contributed by atoms with Crippen molar-refractivity contribution >= 4 is 42.6 Å². The molecule has 0 unspecified atom stereocenters. The van der Waals surface area contributed by atoms with Crippen LogP contribution >= 0.6 is 11.3 Å². The van der Waals surface area contributed by atoms with E-state index in [0.717, 1.165) is 10.3 Å². The van der Waals surface area contributed by atoms with Gasteiger partial charge in [-0.1, -0.05) is 29.0 Å². The molecule has 1 N–H and O–H groups in total. The number of sulfonamides is 1. The highest BCUT2D eigenvalue weighted by Crippen LogP contribution is 2.39. The number of amides is 1. The van der Waals surface area contributed by atoms with Crippen molar-refractivity contribution in [3.8, 4) is 11.5 Å². The van der Waals surface area contributed by atoms with Gasteiger partial charge in [-0.25, -0.2) is 13.4 Å². The Morgan fingerprint density at radius 2 is 1.69 bits per heavy atom. The van der Waals surface area contributed by atoms with Crippen molar-refractivity contribution in [2.24, 2.45) is 5.92 Å². The summed E-state index contributed by atoms with van der Waals surface area (Å²) in [6, 6.07) is 10.4. The predicted octanol–water partition coefficient (Wildman–Crippen LogP) is 3.66. The number of rotatable bonds is 6. The van der Waals surface area contributed by atoms with Crippen molar-refractivity contribution in [1.29, 1.82) is 0 Å². The van der Waals surface area contributed by atoms with Crippen LogP contribution in [-0.2, 0) is 14.8 Å². The number of thiazole rings is 1. The Balaban J connectivity index is 1.43. The third-order valence-corrected chi connectivity index (χ3v) is 8.52. The van der Waals surface area contributed by atoms with E-state index >= 15 is 0 Å². The van der Waals surface area contributed by atoms with Gasteiger partial charge in [-0.05, 0) is 44.0 Å². The maximum atomic E-state index is 12.9. The highest BCUT2D eigenvalue weighted by molar-refractivity contribution is 7.89. The first kappa shape index (κ1) is 22.5. The zero-order valence-electron chi connectivity index (χ0n) is 18.1. The second kappa shape index (κ2) is 9.05. The molecule has 3 aromatic rings. The first-order valence-corrected chi connectivity index (χ1v) is 12.5. The molecule has 2 aromatic carbocycles. The number of carbonyl (C=O) groups is 1. The van der Waals surface area contributed by atoms with Crippen molar-refractivity contribution in [2.75, 3.05) is 32.6 Å². The Morgan fingerprint density at radius 1 is 1.06 bits per heavy atom. The monoisotopic (exact) mass is 475 g/mol. The molecule has 0 radical (unpaired) electrons. The molecule has 0 spiro atoms. The van der Waals surface area contributed by atoms with Gasteiger partial charge in [0.1, 0.15) is 21.7 Å². The Hall–Kier alpha value is -2.69. The van der Waals surface area contributed by atoms with Crippen molar-refractivity contribution < 1.29 is 22.7 Å². The summed E-state index contributed by atoms with van der Waals surface area (Å²) in [7, 11) is -0.408. The molecule has 32 heavy (non-hydrogen) atoms. The molecule has 1 aliphatic heterocycles. The molecule has 1 saturated heterocycles. The van der Waals surface area contributed by atoms with E-state index in [1.165, 1.54) is 15.6 Å². The molecule has 1 aliphatic rings. The predicted molar refractivity (Wildman–Crippen MR) is 124 cm³/mol. The summed E-state index contributed by atoms with van der Waals surface area (Å²) in [5.74, 6) is 0.824. The third kappa shape index (κ3) is 4.30. The summed E-state index contributed by atoms with van der Waals surface area (Å²) < 4.78 is 38.8. The Labute approximate surface area is 191 Å². The lowest BCUT2D eigenvalue weighted by atomic mass is 9.97. The van der Waals surface area contributed by atoms with Gasteiger partial charge < -0.3 is 14.8 Å². The van der Waals surface area contributed by atoms with Crippen LogP contribution in [0.1, 0.15) is 18.4 Å². The molecule has 170 valence electrons. The molecule has 0 atom stereocenters. The quantitative estimate of drug-likeness (QED) is 0.584. The fourth-order valence-electron chi connectivity index (χ4n) is 3.76. The van der Waals surface area contributed by atoms with Gasteiger partial charge in [-0.3, -0.25) is 4.79 Å². The molecule has 1 amide bonds. The number of hydrogen-bond acceptors (Lipinski definition) is 7. The summed E-state index contributed by atoms with van der Waals surface area (Å²) in [4.78, 5) is 17.6. The number of ether oxygens (including phenoxy) is 2.